The summed E-state index contributed by atoms with van der Waals surface area (Å²) in [5.74, 6) is 1.28. The predicted octanol–water partition coefficient (Wildman–Crippen LogP) is 2.17. The van der Waals surface area contributed by atoms with Gasteiger partial charge in [-0.25, -0.2) is 0 Å². The molecule has 0 radical (unpaired) electrons. The van der Waals surface area contributed by atoms with E-state index in [0.29, 0.717) is 18.3 Å². The van der Waals surface area contributed by atoms with Crippen LogP contribution < -0.4 is 10.2 Å². The van der Waals surface area contributed by atoms with Crippen LogP contribution in [0, 0.1) is 6.92 Å². The normalized spacial score (nSPS) is 17.1. The molecule has 1 aromatic carbocycles. The number of anilines is 1. The summed E-state index contributed by atoms with van der Waals surface area (Å²) >= 11 is 1.47. The van der Waals surface area contributed by atoms with Gasteiger partial charge in [0.25, 0.3) is 0 Å². The minimum absolute atomic E-state index is 0.0128. The van der Waals surface area contributed by atoms with E-state index in [0.717, 1.165) is 55.8 Å². The van der Waals surface area contributed by atoms with Crippen LogP contribution in [0.3, 0.4) is 0 Å². The number of carbonyl (C=O) groups is 1. The minimum atomic E-state index is 0.0128. The second-order valence-corrected chi connectivity index (χ2v) is 7.98. The van der Waals surface area contributed by atoms with Gasteiger partial charge in [0.1, 0.15) is 0 Å². The molecule has 2 aliphatic rings. The summed E-state index contributed by atoms with van der Waals surface area (Å²) in [4.78, 5) is 14.5. The van der Waals surface area contributed by atoms with Crippen LogP contribution in [0.15, 0.2) is 29.4 Å². The van der Waals surface area contributed by atoms with Crippen molar-refractivity contribution in [3.8, 4) is 0 Å². The van der Waals surface area contributed by atoms with Crippen molar-refractivity contribution in [1.82, 2.24) is 20.1 Å². The Morgan fingerprint density at radius 1 is 1.22 bits per heavy atom. The fourth-order valence-electron chi connectivity index (χ4n) is 3.09. The number of hydrogen-bond acceptors (Lipinski definition) is 6. The molecule has 0 spiro atoms. The maximum Gasteiger partial charge on any atom is 0.230 e. The number of morpholine rings is 1. The lowest BCUT2D eigenvalue weighted by Crippen LogP contribution is -2.38. The topological polar surface area (TPSA) is 72.3 Å². The standard InChI is InChI=1S/C19H25N5O2S/c1-14-2-4-15(5-3-14)12-20-17(25)13-27-19-22-21-18(24(19)16-6-7-16)23-8-10-26-11-9-23/h2-5,16H,6-13H2,1H3,(H,20,25). The zero-order valence-electron chi connectivity index (χ0n) is 15.6. The summed E-state index contributed by atoms with van der Waals surface area (Å²) in [5, 5.41) is 12.6. The van der Waals surface area contributed by atoms with Gasteiger partial charge in [0, 0.05) is 25.7 Å². The monoisotopic (exact) mass is 387 g/mol. The molecule has 2 heterocycles. The number of benzene rings is 1. The van der Waals surface area contributed by atoms with Crippen LogP contribution in [-0.4, -0.2) is 52.7 Å². The van der Waals surface area contributed by atoms with Crippen molar-refractivity contribution in [2.24, 2.45) is 0 Å². The molecule has 1 N–H and O–H groups in total. The van der Waals surface area contributed by atoms with Crippen LogP contribution in [0.25, 0.3) is 0 Å². The molecule has 27 heavy (non-hydrogen) atoms. The lowest BCUT2D eigenvalue weighted by molar-refractivity contribution is -0.118. The van der Waals surface area contributed by atoms with E-state index < -0.39 is 0 Å². The second-order valence-electron chi connectivity index (χ2n) is 7.03. The highest BCUT2D eigenvalue weighted by atomic mass is 32.2. The number of ether oxygens (including phenoxy) is 1. The third kappa shape index (κ3) is 4.62. The van der Waals surface area contributed by atoms with Gasteiger partial charge >= 0.3 is 0 Å². The fourth-order valence-corrected chi connectivity index (χ4v) is 3.92. The molecule has 0 unspecified atom stereocenters. The van der Waals surface area contributed by atoms with Crippen molar-refractivity contribution >= 4 is 23.6 Å². The first-order chi connectivity index (χ1) is 13.2. The van der Waals surface area contributed by atoms with E-state index in [1.54, 1.807) is 0 Å². The van der Waals surface area contributed by atoms with Crippen molar-refractivity contribution < 1.29 is 9.53 Å². The summed E-state index contributed by atoms with van der Waals surface area (Å²) in [5.41, 5.74) is 2.32. The number of carbonyl (C=O) groups excluding carboxylic acids is 1. The Kier molecular flexibility index (Phi) is 5.63. The third-order valence-electron chi connectivity index (χ3n) is 4.80. The molecule has 1 amide bonds. The van der Waals surface area contributed by atoms with Crippen LogP contribution in [0.4, 0.5) is 5.95 Å². The number of aromatic nitrogens is 3. The molecule has 8 heteroatoms. The number of rotatable bonds is 7. The molecule has 0 bridgehead atoms. The highest BCUT2D eigenvalue weighted by Gasteiger charge is 2.32. The fraction of sp³-hybridized carbons (Fsp3) is 0.526. The third-order valence-corrected chi connectivity index (χ3v) is 5.74. The Hall–Kier alpha value is -2.06. The zero-order valence-corrected chi connectivity index (χ0v) is 16.4. The van der Waals surface area contributed by atoms with Crippen molar-refractivity contribution in [3.63, 3.8) is 0 Å². The lowest BCUT2D eigenvalue weighted by Gasteiger charge is -2.27. The van der Waals surface area contributed by atoms with Gasteiger partial charge in [-0.1, -0.05) is 41.6 Å². The van der Waals surface area contributed by atoms with Crippen molar-refractivity contribution in [2.75, 3.05) is 37.0 Å². The van der Waals surface area contributed by atoms with E-state index in [-0.39, 0.29) is 5.91 Å². The largest absolute Gasteiger partial charge is 0.378 e. The van der Waals surface area contributed by atoms with E-state index in [1.165, 1.54) is 17.3 Å². The van der Waals surface area contributed by atoms with Gasteiger partial charge in [-0.15, -0.1) is 10.2 Å². The number of aryl methyl sites for hydroxylation is 1. The lowest BCUT2D eigenvalue weighted by atomic mass is 10.1. The van der Waals surface area contributed by atoms with Gasteiger partial charge < -0.3 is 15.0 Å². The number of nitrogens with zero attached hydrogens (tertiary/aromatic N) is 4. The summed E-state index contributed by atoms with van der Waals surface area (Å²) < 4.78 is 7.65. The van der Waals surface area contributed by atoms with Crippen molar-refractivity contribution in [3.05, 3.63) is 35.4 Å². The van der Waals surface area contributed by atoms with Gasteiger partial charge in [0.05, 0.1) is 19.0 Å². The van der Waals surface area contributed by atoms with E-state index in [9.17, 15) is 4.79 Å². The van der Waals surface area contributed by atoms with Gasteiger partial charge in [-0.3, -0.25) is 9.36 Å². The molecule has 1 saturated carbocycles. The van der Waals surface area contributed by atoms with Gasteiger partial charge in [0.2, 0.25) is 11.9 Å². The number of thioether (sulfide) groups is 1. The Morgan fingerprint density at radius 2 is 1.96 bits per heavy atom. The molecular weight excluding hydrogens is 362 g/mol. The molecule has 0 atom stereocenters. The van der Waals surface area contributed by atoms with Gasteiger partial charge in [-0.05, 0) is 25.3 Å². The summed E-state index contributed by atoms with van der Waals surface area (Å²) in [7, 11) is 0. The Morgan fingerprint density at radius 3 is 2.67 bits per heavy atom. The Labute approximate surface area is 163 Å². The van der Waals surface area contributed by atoms with Crippen LogP contribution >= 0.6 is 11.8 Å². The smallest absolute Gasteiger partial charge is 0.230 e. The van der Waals surface area contributed by atoms with Crippen molar-refractivity contribution in [2.45, 2.75) is 37.5 Å². The summed E-state index contributed by atoms with van der Waals surface area (Å²) in [6, 6.07) is 8.67. The molecule has 2 fully saturated rings. The maximum atomic E-state index is 12.2. The molecule has 1 aliphatic carbocycles. The number of amides is 1. The molecule has 1 saturated heterocycles. The van der Waals surface area contributed by atoms with E-state index in [2.05, 4.69) is 44.0 Å². The minimum Gasteiger partial charge on any atom is -0.378 e. The second kappa shape index (κ2) is 8.31. The quantitative estimate of drug-likeness (QED) is 0.734. The SMILES string of the molecule is Cc1ccc(CNC(=O)CSc2nnc(N3CCOCC3)n2C2CC2)cc1. The molecule has 2 aromatic rings. The average Bonchev–Trinajstić information content (AvgIpc) is 3.45. The van der Waals surface area contributed by atoms with Crippen LogP contribution in [0.1, 0.15) is 30.0 Å². The average molecular weight is 388 g/mol. The summed E-state index contributed by atoms with van der Waals surface area (Å²) in [6.07, 6.45) is 2.31. The van der Waals surface area contributed by atoms with Crippen LogP contribution in [-0.2, 0) is 16.1 Å². The van der Waals surface area contributed by atoms with Crippen LogP contribution in [0.5, 0.6) is 0 Å². The number of hydrogen-bond donors (Lipinski definition) is 1. The molecule has 1 aliphatic heterocycles. The predicted molar refractivity (Wildman–Crippen MR) is 105 cm³/mol. The van der Waals surface area contributed by atoms with E-state index >= 15 is 0 Å². The van der Waals surface area contributed by atoms with Crippen molar-refractivity contribution in [1.29, 1.82) is 0 Å². The van der Waals surface area contributed by atoms with E-state index in [1.807, 2.05) is 12.1 Å². The Balaban J connectivity index is 1.34. The summed E-state index contributed by atoms with van der Waals surface area (Å²) in [6.45, 7) is 5.73. The first kappa shape index (κ1) is 18.3. The van der Waals surface area contributed by atoms with E-state index in [4.69, 9.17) is 4.74 Å². The molecular formula is C19H25N5O2S. The Bertz CT molecular complexity index is 782. The number of nitrogens with one attached hydrogen (secondary N) is 1. The molecule has 1 aromatic heterocycles. The first-order valence-electron chi connectivity index (χ1n) is 9.43. The zero-order chi connectivity index (χ0) is 18.6. The molecule has 4 rings (SSSR count). The highest BCUT2D eigenvalue weighted by Crippen LogP contribution is 2.41. The maximum absolute atomic E-state index is 12.2. The van der Waals surface area contributed by atoms with Gasteiger partial charge in [-0.2, -0.15) is 0 Å². The first-order valence-corrected chi connectivity index (χ1v) is 10.4. The van der Waals surface area contributed by atoms with Gasteiger partial charge in [0.15, 0.2) is 5.16 Å². The molecule has 144 valence electrons. The highest BCUT2D eigenvalue weighted by molar-refractivity contribution is 7.99. The molecule has 7 nitrogen and oxygen atoms in total. The van der Waals surface area contributed by atoms with Crippen LogP contribution in [0.2, 0.25) is 0 Å².